The van der Waals surface area contributed by atoms with Gasteiger partial charge in [0.25, 0.3) is 0 Å². The Morgan fingerprint density at radius 3 is 2.68 bits per heavy atom. The number of rotatable bonds is 7. The largest absolute Gasteiger partial charge is 0.338 e. The number of pyridine rings is 1. The Labute approximate surface area is 163 Å². The minimum atomic E-state index is -0.195. The van der Waals surface area contributed by atoms with Gasteiger partial charge >= 0.3 is 6.03 Å². The number of nitrogens with zero attached hydrogens (tertiary/aromatic N) is 4. The van der Waals surface area contributed by atoms with Crippen LogP contribution in [-0.2, 0) is 19.5 Å². The summed E-state index contributed by atoms with van der Waals surface area (Å²) in [5.74, 6) is 0. The van der Waals surface area contributed by atoms with Crippen molar-refractivity contribution in [2.45, 2.75) is 19.5 Å². The molecule has 0 aliphatic heterocycles. The quantitative estimate of drug-likeness (QED) is 0.522. The fourth-order valence-electron chi connectivity index (χ4n) is 3.01. The number of imidazole rings is 1. The molecule has 4 aromatic rings. The average Bonchev–Trinajstić information content (AvgIpc) is 3.33. The molecule has 7 heteroatoms. The molecular formula is C21H22N6O. The van der Waals surface area contributed by atoms with E-state index in [0.717, 1.165) is 16.9 Å². The summed E-state index contributed by atoms with van der Waals surface area (Å²) in [4.78, 5) is 16.5. The second-order valence-electron chi connectivity index (χ2n) is 6.59. The van der Waals surface area contributed by atoms with Crippen molar-refractivity contribution < 1.29 is 4.79 Å². The minimum Gasteiger partial charge on any atom is -0.338 e. The van der Waals surface area contributed by atoms with Crippen LogP contribution in [0.2, 0.25) is 0 Å². The van der Waals surface area contributed by atoms with Crippen LogP contribution >= 0.6 is 0 Å². The third-order valence-electron chi connectivity index (χ3n) is 4.41. The molecule has 2 amide bonds. The highest BCUT2D eigenvalue weighted by Gasteiger charge is 2.05. The predicted molar refractivity (Wildman–Crippen MR) is 107 cm³/mol. The molecule has 1 aromatic carbocycles. The second kappa shape index (κ2) is 8.39. The molecule has 0 radical (unpaired) electrons. The zero-order valence-corrected chi connectivity index (χ0v) is 15.5. The molecule has 0 aliphatic carbocycles. The molecule has 2 N–H and O–H groups in total. The summed E-state index contributed by atoms with van der Waals surface area (Å²) in [6.07, 6.45) is 8.36. The van der Waals surface area contributed by atoms with E-state index in [1.54, 1.807) is 6.20 Å². The van der Waals surface area contributed by atoms with Gasteiger partial charge in [-0.25, -0.2) is 9.78 Å². The lowest BCUT2D eigenvalue weighted by Crippen LogP contribution is -2.36. The number of nitrogens with one attached hydrogen (secondary N) is 2. The van der Waals surface area contributed by atoms with Gasteiger partial charge in [-0.2, -0.15) is 5.10 Å². The van der Waals surface area contributed by atoms with E-state index in [4.69, 9.17) is 0 Å². The molecule has 142 valence electrons. The lowest BCUT2D eigenvalue weighted by atomic mass is 10.2. The summed E-state index contributed by atoms with van der Waals surface area (Å²) < 4.78 is 3.84. The standard InChI is InChI=1S/C21H22N6O/c28-21(22-10-9-19-16-26-11-5-4-8-20(26)25-19)23-12-18-13-24-27(15-18)14-17-6-2-1-3-7-17/h1-8,11,13,15-16H,9-10,12,14H2,(H2,22,23,28). The topological polar surface area (TPSA) is 76.2 Å². The minimum absolute atomic E-state index is 0.195. The molecule has 4 rings (SSSR count). The van der Waals surface area contributed by atoms with Crippen LogP contribution in [0.25, 0.3) is 5.65 Å². The Balaban J connectivity index is 1.20. The molecule has 0 aliphatic rings. The number of amides is 2. The number of carbonyl (C=O) groups excluding carboxylic acids is 1. The highest BCUT2D eigenvalue weighted by Crippen LogP contribution is 2.05. The maximum absolute atomic E-state index is 12.0. The van der Waals surface area contributed by atoms with E-state index in [0.29, 0.717) is 26.1 Å². The van der Waals surface area contributed by atoms with Gasteiger partial charge in [0.1, 0.15) is 5.65 Å². The van der Waals surface area contributed by atoms with Crippen molar-refractivity contribution in [3.63, 3.8) is 0 Å². The lowest BCUT2D eigenvalue weighted by molar-refractivity contribution is 0.240. The van der Waals surface area contributed by atoms with E-state index in [-0.39, 0.29) is 6.03 Å². The van der Waals surface area contributed by atoms with E-state index in [9.17, 15) is 4.79 Å². The molecular weight excluding hydrogens is 352 g/mol. The third kappa shape index (κ3) is 4.56. The van der Waals surface area contributed by atoms with Crippen LogP contribution in [0.15, 0.2) is 73.3 Å². The molecule has 0 fully saturated rings. The number of fused-ring (bicyclic) bond motifs is 1. The van der Waals surface area contributed by atoms with E-state index < -0.39 is 0 Å². The Kier molecular flexibility index (Phi) is 5.33. The Bertz CT molecular complexity index is 1020. The van der Waals surface area contributed by atoms with E-state index >= 15 is 0 Å². The summed E-state index contributed by atoms with van der Waals surface area (Å²) in [5, 5.41) is 10.1. The predicted octanol–water partition coefficient (Wildman–Crippen LogP) is 2.62. The molecule has 0 spiro atoms. The maximum Gasteiger partial charge on any atom is 0.315 e. The smallest absolute Gasteiger partial charge is 0.315 e. The summed E-state index contributed by atoms with van der Waals surface area (Å²) in [5.41, 5.74) is 4.02. The molecule has 0 bridgehead atoms. The molecule has 3 heterocycles. The van der Waals surface area contributed by atoms with Gasteiger partial charge in [-0.1, -0.05) is 36.4 Å². The molecule has 0 atom stereocenters. The summed E-state index contributed by atoms with van der Waals surface area (Å²) in [6, 6.07) is 15.8. The van der Waals surface area contributed by atoms with Gasteiger partial charge in [0.05, 0.1) is 18.4 Å². The molecule has 0 saturated heterocycles. The average molecular weight is 374 g/mol. The first-order valence-corrected chi connectivity index (χ1v) is 9.26. The van der Waals surface area contributed by atoms with Gasteiger partial charge in [0.2, 0.25) is 0 Å². The maximum atomic E-state index is 12.0. The third-order valence-corrected chi connectivity index (χ3v) is 4.41. The fourth-order valence-corrected chi connectivity index (χ4v) is 3.01. The van der Waals surface area contributed by atoms with Gasteiger partial charge in [-0.15, -0.1) is 0 Å². The highest BCUT2D eigenvalue weighted by atomic mass is 16.2. The van der Waals surface area contributed by atoms with Gasteiger partial charge in [0.15, 0.2) is 0 Å². The summed E-state index contributed by atoms with van der Waals surface area (Å²) in [7, 11) is 0. The second-order valence-corrected chi connectivity index (χ2v) is 6.59. The van der Waals surface area contributed by atoms with Crippen molar-refractivity contribution in [3.8, 4) is 0 Å². The first kappa shape index (κ1) is 17.8. The van der Waals surface area contributed by atoms with Crippen LogP contribution in [0.1, 0.15) is 16.8 Å². The lowest BCUT2D eigenvalue weighted by Gasteiger charge is -2.05. The fraction of sp³-hybridized carbons (Fsp3) is 0.190. The van der Waals surface area contributed by atoms with Crippen LogP contribution < -0.4 is 10.6 Å². The number of urea groups is 1. The van der Waals surface area contributed by atoms with Crippen molar-refractivity contribution in [1.29, 1.82) is 0 Å². The van der Waals surface area contributed by atoms with Crippen LogP contribution in [0.3, 0.4) is 0 Å². The monoisotopic (exact) mass is 374 g/mol. The number of carbonyl (C=O) groups is 1. The first-order valence-electron chi connectivity index (χ1n) is 9.26. The SMILES string of the molecule is O=C(NCCc1cn2ccccc2n1)NCc1cnn(Cc2ccccc2)c1. The Morgan fingerprint density at radius 1 is 0.964 bits per heavy atom. The van der Waals surface area contributed by atoms with Crippen LogP contribution in [0, 0.1) is 0 Å². The van der Waals surface area contributed by atoms with Gasteiger partial charge in [-0.3, -0.25) is 4.68 Å². The van der Waals surface area contributed by atoms with Gasteiger partial charge in [0, 0.05) is 43.7 Å². The number of hydrogen-bond acceptors (Lipinski definition) is 3. The van der Waals surface area contributed by atoms with E-state index in [1.807, 2.05) is 64.1 Å². The summed E-state index contributed by atoms with van der Waals surface area (Å²) >= 11 is 0. The zero-order valence-electron chi connectivity index (χ0n) is 15.5. The summed E-state index contributed by atoms with van der Waals surface area (Å²) in [6.45, 7) is 1.68. The zero-order chi connectivity index (χ0) is 19.2. The van der Waals surface area contributed by atoms with Crippen molar-refractivity contribution in [2.75, 3.05) is 6.54 Å². The number of aromatic nitrogens is 4. The van der Waals surface area contributed by atoms with Crippen LogP contribution in [0.5, 0.6) is 0 Å². The van der Waals surface area contributed by atoms with Crippen LogP contribution in [-0.4, -0.2) is 31.7 Å². The molecule has 0 saturated carbocycles. The normalized spacial score (nSPS) is 10.9. The Hall–Kier alpha value is -3.61. The highest BCUT2D eigenvalue weighted by molar-refractivity contribution is 5.73. The van der Waals surface area contributed by atoms with Crippen molar-refractivity contribution in [2.24, 2.45) is 0 Å². The van der Waals surface area contributed by atoms with Crippen molar-refractivity contribution >= 4 is 11.7 Å². The first-order chi connectivity index (χ1) is 13.8. The Morgan fingerprint density at radius 2 is 1.82 bits per heavy atom. The van der Waals surface area contributed by atoms with Crippen LogP contribution in [0.4, 0.5) is 4.79 Å². The van der Waals surface area contributed by atoms with E-state index in [1.165, 1.54) is 5.56 Å². The van der Waals surface area contributed by atoms with Gasteiger partial charge < -0.3 is 15.0 Å². The van der Waals surface area contributed by atoms with E-state index in [2.05, 4.69) is 32.8 Å². The van der Waals surface area contributed by atoms with Gasteiger partial charge in [-0.05, 0) is 17.7 Å². The molecule has 7 nitrogen and oxygen atoms in total. The van der Waals surface area contributed by atoms with Crippen molar-refractivity contribution in [3.05, 3.63) is 90.1 Å². The molecule has 3 aromatic heterocycles. The molecule has 0 unspecified atom stereocenters. The number of benzene rings is 1. The number of hydrogen-bond donors (Lipinski definition) is 2. The molecule has 28 heavy (non-hydrogen) atoms. The van der Waals surface area contributed by atoms with Crippen molar-refractivity contribution in [1.82, 2.24) is 29.8 Å².